The number of rotatable bonds is 3. The minimum absolute atomic E-state index is 0.104. The lowest BCUT2D eigenvalue weighted by Gasteiger charge is -2.39. The maximum Gasteiger partial charge on any atom is 0.243 e. The summed E-state index contributed by atoms with van der Waals surface area (Å²) in [6, 6.07) is 0.762. The van der Waals surface area contributed by atoms with Gasteiger partial charge in [-0.25, -0.2) is 5.01 Å². The lowest BCUT2D eigenvalue weighted by molar-refractivity contribution is -0.130. The van der Waals surface area contributed by atoms with Crippen LogP contribution in [0.1, 0.15) is 40.0 Å². The molecule has 1 aliphatic heterocycles. The second-order valence-corrected chi connectivity index (χ2v) is 5.11. The van der Waals surface area contributed by atoms with Crippen molar-refractivity contribution in [2.45, 2.75) is 52.1 Å². The average molecular weight is 243 g/mol. The Balaban J connectivity index is 2.57. The van der Waals surface area contributed by atoms with Gasteiger partial charge >= 0.3 is 0 Å². The van der Waals surface area contributed by atoms with Gasteiger partial charge in [0.2, 0.25) is 5.91 Å². The van der Waals surface area contributed by atoms with Crippen LogP contribution in [0.25, 0.3) is 0 Å². The molecule has 0 saturated carbocycles. The summed E-state index contributed by atoms with van der Waals surface area (Å²) < 4.78 is 0. The summed E-state index contributed by atoms with van der Waals surface area (Å²) in [5.41, 5.74) is 8.39. The molecule has 0 aliphatic carbocycles. The molecule has 16 heavy (non-hydrogen) atoms. The van der Waals surface area contributed by atoms with Gasteiger partial charge in [0.15, 0.2) is 0 Å². The fourth-order valence-corrected chi connectivity index (χ4v) is 2.10. The van der Waals surface area contributed by atoms with E-state index in [-0.39, 0.29) is 10.9 Å². The predicted octanol–water partition coefficient (Wildman–Crippen LogP) is 1.20. The van der Waals surface area contributed by atoms with Crippen molar-refractivity contribution in [3.8, 4) is 0 Å². The van der Waals surface area contributed by atoms with Crippen LogP contribution in [-0.2, 0) is 4.79 Å². The number of carbonyl (C=O) groups is 1. The van der Waals surface area contributed by atoms with Gasteiger partial charge in [0.25, 0.3) is 0 Å². The molecule has 3 atom stereocenters. The molecule has 1 saturated heterocycles. The van der Waals surface area contributed by atoms with Crippen LogP contribution in [0.2, 0.25) is 0 Å². The molecule has 1 fully saturated rings. The molecule has 3 unspecified atom stereocenters. The second kappa shape index (κ2) is 5.59. The molecule has 1 rings (SSSR count). The monoisotopic (exact) mass is 243 g/mol. The van der Waals surface area contributed by atoms with E-state index >= 15 is 0 Å². The number of nitrogens with zero attached hydrogens (tertiary/aromatic N) is 1. The van der Waals surface area contributed by atoms with Gasteiger partial charge in [-0.3, -0.25) is 10.2 Å². The van der Waals surface area contributed by atoms with Crippen molar-refractivity contribution in [2.24, 2.45) is 11.7 Å². The number of hydrogen-bond donors (Lipinski definition) is 2. The molecule has 1 aliphatic rings. The highest BCUT2D eigenvalue weighted by Crippen LogP contribution is 2.20. The number of hydrogen-bond acceptors (Lipinski definition) is 3. The van der Waals surface area contributed by atoms with E-state index in [0.717, 1.165) is 12.8 Å². The Labute approximate surface area is 103 Å². The standard InChI is InChI=1S/C11H21N3OS/c1-7-5-4-6-8(2)14(7)13-11(15)9(3)10(12)16/h7-9H,4-6H2,1-3H3,(H2,12,16)(H,13,15). The van der Waals surface area contributed by atoms with Crippen molar-refractivity contribution >= 4 is 23.1 Å². The summed E-state index contributed by atoms with van der Waals surface area (Å²) in [6.45, 7) is 5.99. The highest BCUT2D eigenvalue weighted by atomic mass is 32.1. The van der Waals surface area contributed by atoms with Gasteiger partial charge < -0.3 is 5.73 Å². The second-order valence-electron chi connectivity index (χ2n) is 4.64. The lowest BCUT2D eigenvalue weighted by Crippen LogP contribution is -2.56. The normalized spacial score (nSPS) is 28.4. The number of piperidine rings is 1. The summed E-state index contributed by atoms with van der Waals surface area (Å²) >= 11 is 4.82. The van der Waals surface area contributed by atoms with Gasteiger partial charge in [0.1, 0.15) is 0 Å². The van der Waals surface area contributed by atoms with Crippen LogP contribution >= 0.6 is 12.2 Å². The third-order valence-corrected chi connectivity index (χ3v) is 3.61. The van der Waals surface area contributed by atoms with Crippen LogP contribution in [-0.4, -0.2) is 28.0 Å². The topological polar surface area (TPSA) is 58.4 Å². The number of nitrogens with two attached hydrogens (primary N) is 1. The van der Waals surface area contributed by atoms with Crippen molar-refractivity contribution in [3.63, 3.8) is 0 Å². The molecule has 0 spiro atoms. The van der Waals surface area contributed by atoms with E-state index in [0.29, 0.717) is 12.1 Å². The van der Waals surface area contributed by atoms with Crippen molar-refractivity contribution in [2.75, 3.05) is 0 Å². The Kier molecular flexibility index (Phi) is 4.68. The molecular formula is C11H21N3OS. The minimum atomic E-state index is -0.406. The van der Waals surface area contributed by atoms with Crippen molar-refractivity contribution < 1.29 is 4.79 Å². The molecule has 3 N–H and O–H groups in total. The molecule has 0 bridgehead atoms. The number of thiocarbonyl (C=S) groups is 1. The summed E-state index contributed by atoms with van der Waals surface area (Å²) in [7, 11) is 0. The molecule has 0 aromatic heterocycles. The third-order valence-electron chi connectivity index (χ3n) is 3.25. The predicted molar refractivity (Wildman–Crippen MR) is 68.7 cm³/mol. The highest BCUT2D eigenvalue weighted by Gasteiger charge is 2.27. The van der Waals surface area contributed by atoms with Crippen LogP contribution in [0.3, 0.4) is 0 Å². The van der Waals surface area contributed by atoms with E-state index in [1.54, 1.807) is 6.92 Å². The SMILES string of the molecule is CC(C(=O)NN1C(C)CCCC1C)C(N)=S. The van der Waals surface area contributed by atoms with E-state index < -0.39 is 5.92 Å². The van der Waals surface area contributed by atoms with Gasteiger partial charge in [0.05, 0.1) is 10.9 Å². The van der Waals surface area contributed by atoms with E-state index in [4.69, 9.17) is 18.0 Å². The lowest BCUT2D eigenvalue weighted by atomic mass is 10.00. The average Bonchev–Trinajstić information content (AvgIpc) is 2.22. The highest BCUT2D eigenvalue weighted by molar-refractivity contribution is 7.80. The van der Waals surface area contributed by atoms with Gasteiger partial charge in [-0.2, -0.15) is 0 Å². The molecular weight excluding hydrogens is 222 g/mol. The smallest absolute Gasteiger partial charge is 0.243 e. The third kappa shape index (κ3) is 3.15. The van der Waals surface area contributed by atoms with Gasteiger partial charge in [0, 0.05) is 12.1 Å². The van der Waals surface area contributed by atoms with Crippen LogP contribution < -0.4 is 11.2 Å². The molecule has 0 aromatic carbocycles. The van der Waals surface area contributed by atoms with Gasteiger partial charge in [-0.15, -0.1) is 0 Å². The largest absolute Gasteiger partial charge is 0.393 e. The Bertz CT molecular complexity index is 272. The Hall–Kier alpha value is -0.680. The molecule has 92 valence electrons. The molecule has 5 heteroatoms. The van der Waals surface area contributed by atoms with Crippen LogP contribution in [0, 0.1) is 5.92 Å². The maximum atomic E-state index is 11.8. The van der Waals surface area contributed by atoms with E-state index in [2.05, 4.69) is 19.3 Å². The van der Waals surface area contributed by atoms with Gasteiger partial charge in [-0.05, 0) is 33.6 Å². The first-order chi connectivity index (χ1) is 7.43. The zero-order chi connectivity index (χ0) is 12.3. The zero-order valence-electron chi connectivity index (χ0n) is 10.2. The first-order valence-electron chi connectivity index (χ1n) is 5.81. The molecule has 4 nitrogen and oxygen atoms in total. The summed E-state index contributed by atoms with van der Waals surface area (Å²) in [5, 5.41) is 2.03. The first-order valence-corrected chi connectivity index (χ1v) is 6.22. The summed E-state index contributed by atoms with van der Waals surface area (Å²) in [6.07, 6.45) is 3.46. The molecule has 0 aromatic rings. The fourth-order valence-electron chi connectivity index (χ4n) is 1.99. The van der Waals surface area contributed by atoms with Crippen molar-refractivity contribution in [1.82, 2.24) is 10.4 Å². The van der Waals surface area contributed by atoms with Crippen LogP contribution in [0.5, 0.6) is 0 Å². The van der Waals surface area contributed by atoms with Crippen LogP contribution in [0.4, 0.5) is 0 Å². The Morgan fingerprint density at radius 2 is 1.94 bits per heavy atom. The van der Waals surface area contributed by atoms with Crippen molar-refractivity contribution in [1.29, 1.82) is 0 Å². The minimum Gasteiger partial charge on any atom is -0.393 e. The number of nitrogens with one attached hydrogen (secondary N) is 1. The number of carbonyl (C=O) groups excluding carboxylic acids is 1. The maximum absolute atomic E-state index is 11.8. The quantitative estimate of drug-likeness (QED) is 0.731. The fraction of sp³-hybridized carbons (Fsp3) is 0.818. The van der Waals surface area contributed by atoms with E-state index in [1.165, 1.54) is 6.42 Å². The number of amides is 1. The van der Waals surface area contributed by atoms with E-state index in [1.807, 2.05) is 5.01 Å². The number of hydrazine groups is 1. The first kappa shape index (κ1) is 13.4. The Morgan fingerprint density at radius 3 is 2.38 bits per heavy atom. The van der Waals surface area contributed by atoms with Crippen LogP contribution in [0.15, 0.2) is 0 Å². The zero-order valence-corrected chi connectivity index (χ0v) is 11.0. The molecule has 1 amide bonds. The summed E-state index contributed by atoms with van der Waals surface area (Å²) in [5.74, 6) is -0.510. The molecule has 1 heterocycles. The van der Waals surface area contributed by atoms with Gasteiger partial charge in [-0.1, -0.05) is 18.6 Å². The molecule has 0 radical (unpaired) electrons. The Morgan fingerprint density at radius 1 is 1.44 bits per heavy atom. The summed E-state index contributed by atoms with van der Waals surface area (Å²) in [4.78, 5) is 12.1. The van der Waals surface area contributed by atoms with E-state index in [9.17, 15) is 4.79 Å². The van der Waals surface area contributed by atoms with Crippen molar-refractivity contribution in [3.05, 3.63) is 0 Å².